The third kappa shape index (κ3) is 6.02. The summed E-state index contributed by atoms with van der Waals surface area (Å²) < 4.78 is 5.24. The number of amides is 2. The lowest BCUT2D eigenvalue weighted by Gasteiger charge is -2.30. The molecule has 1 aromatic rings. The smallest absolute Gasteiger partial charge is 0.238 e. The lowest BCUT2D eigenvalue weighted by Crippen LogP contribution is -2.47. The van der Waals surface area contributed by atoms with Crippen molar-refractivity contribution in [3.63, 3.8) is 0 Å². The summed E-state index contributed by atoms with van der Waals surface area (Å²) in [5.41, 5.74) is 0.636. The van der Waals surface area contributed by atoms with Gasteiger partial charge in [0.1, 0.15) is 5.75 Å². The number of nitrogens with one attached hydrogen (secondary N) is 2. The van der Waals surface area contributed by atoms with Crippen molar-refractivity contribution in [3.05, 3.63) is 24.3 Å². The monoisotopic (exact) mass is 361 g/mol. The number of hydrogen-bond acceptors (Lipinski definition) is 4. The number of likely N-dealkylation sites (N-methyl/N-ethyl adjacent to an activating group) is 1. The van der Waals surface area contributed by atoms with Gasteiger partial charge in [-0.2, -0.15) is 0 Å². The summed E-state index contributed by atoms with van der Waals surface area (Å²) in [5.74, 6) is 0.982. The largest absolute Gasteiger partial charge is 0.495 e. The van der Waals surface area contributed by atoms with Crippen molar-refractivity contribution < 1.29 is 14.3 Å². The van der Waals surface area contributed by atoms with Gasteiger partial charge in [-0.25, -0.2) is 0 Å². The van der Waals surface area contributed by atoms with E-state index in [2.05, 4.69) is 17.6 Å². The molecule has 2 atom stereocenters. The summed E-state index contributed by atoms with van der Waals surface area (Å²) in [4.78, 5) is 26.5. The van der Waals surface area contributed by atoms with Crippen molar-refractivity contribution in [2.24, 2.45) is 5.92 Å². The molecule has 2 amide bonds. The molecule has 26 heavy (non-hydrogen) atoms. The molecule has 0 radical (unpaired) electrons. The molecule has 1 aliphatic carbocycles. The normalized spacial score (nSPS) is 19.8. The molecule has 0 aromatic heterocycles. The molecule has 2 rings (SSSR count). The Labute approximate surface area is 156 Å². The molecule has 2 N–H and O–H groups in total. The van der Waals surface area contributed by atoms with Crippen LogP contribution >= 0.6 is 0 Å². The molecule has 0 saturated heterocycles. The molecule has 0 spiro atoms. The number of methoxy groups -OCH3 is 1. The summed E-state index contributed by atoms with van der Waals surface area (Å²) >= 11 is 0. The van der Waals surface area contributed by atoms with Crippen LogP contribution in [0.1, 0.15) is 39.5 Å². The van der Waals surface area contributed by atoms with Gasteiger partial charge in [-0.15, -0.1) is 0 Å². The van der Waals surface area contributed by atoms with Crippen molar-refractivity contribution in [2.75, 3.05) is 32.1 Å². The quantitative estimate of drug-likeness (QED) is 0.747. The van der Waals surface area contributed by atoms with Gasteiger partial charge in [-0.3, -0.25) is 14.5 Å². The number of para-hydroxylation sites is 2. The summed E-state index contributed by atoms with van der Waals surface area (Å²) in [7, 11) is 1.57. The summed E-state index contributed by atoms with van der Waals surface area (Å²) in [5, 5.41) is 5.99. The molecule has 1 fully saturated rings. The van der Waals surface area contributed by atoms with E-state index in [4.69, 9.17) is 4.74 Å². The van der Waals surface area contributed by atoms with Gasteiger partial charge in [-0.05, 0) is 37.4 Å². The minimum absolute atomic E-state index is 0.00399. The Balaban J connectivity index is 1.83. The first kappa shape index (κ1) is 20.2. The summed E-state index contributed by atoms with van der Waals surface area (Å²) in [6, 6.07) is 7.55. The number of nitrogens with zero attached hydrogens (tertiary/aromatic N) is 1. The Kier molecular flexibility index (Phi) is 7.91. The number of ether oxygens (including phenoxy) is 1. The lowest BCUT2D eigenvalue weighted by atomic mass is 9.86. The van der Waals surface area contributed by atoms with Gasteiger partial charge in [0.15, 0.2) is 0 Å². The van der Waals surface area contributed by atoms with Gasteiger partial charge in [0.2, 0.25) is 11.8 Å². The van der Waals surface area contributed by atoms with Crippen molar-refractivity contribution in [3.8, 4) is 5.75 Å². The van der Waals surface area contributed by atoms with Crippen molar-refractivity contribution in [1.82, 2.24) is 10.2 Å². The van der Waals surface area contributed by atoms with E-state index >= 15 is 0 Å². The summed E-state index contributed by atoms with van der Waals surface area (Å²) in [6.45, 7) is 5.18. The van der Waals surface area contributed by atoms with Crippen molar-refractivity contribution in [1.29, 1.82) is 0 Å². The zero-order valence-electron chi connectivity index (χ0n) is 16.1. The van der Waals surface area contributed by atoms with Gasteiger partial charge >= 0.3 is 0 Å². The molecule has 0 aliphatic heterocycles. The standard InChI is InChI=1S/C20H31N3O3/c1-4-23(13-19(24)21-16-10-6-5-9-15(16)2)14-20(25)22-17-11-7-8-12-18(17)26-3/h7-8,11-12,15-16H,4-6,9-10,13-14H2,1-3H3,(H,21,24)(H,22,25)/t15-,16+/m0/s1. The van der Waals surface area contributed by atoms with Crippen LogP contribution in [0.3, 0.4) is 0 Å². The summed E-state index contributed by atoms with van der Waals surface area (Å²) in [6.07, 6.45) is 4.64. The highest BCUT2D eigenvalue weighted by molar-refractivity contribution is 5.94. The van der Waals surface area contributed by atoms with E-state index in [-0.39, 0.29) is 30.9 Å². The molecule has 1 aliphatic rings. The number of anilines is 1. The second-order valence-corrected chi connectivity index (χ2v) is 6.99. The Morgan fingerprint density at radius 3 is 2.54 bits per heavy atom. The first-order valence-electron chi connectivity index (χ1n) is 9.48. The van der Waals surface area contributed by atoms with E-state index in [0.29, 0.717) is 23.9 Å². The highest BCUT2D eigenvalue weighted by atomic mass is 16.5. The van der Waals surface area contributed by atoms with Crippen LogP contribution in [0, 0.1) is 5.92 Å². The van der Waals surface area contributed by atoms with Gasteiger partial charge < -0.3 is 15.4 Å². The molecule has 1 saturated carbocycles. The lowest BCUT2D eigenvalue weighted by molar-refractivity contribution is -0.124. The minimum atomic E-state index is -0.157. The average molecular weight is 361 g/mol. The van der Waals surface area contributed by atoms with Gasteiger partial charge in [0, 0.05) is 6.04 Å². The van der Waals surface area contributed by atoms with Crippen LogP contribution in [0.2, 0.25) is 0 Å². The molecule has 6 nitrogen and oxygen atoms in total. The number of carbonyl (C=O) groups is 2. The van der Waals surface area contributed by atoms with Crippen molar-refractivity contribution in [2.45, 2.75) is 45.6 Å². The van der Waals surface area contributed by atoms with Crippen LogP contribution in [-0.2, 0) is 9.59 Å². The van der Waals surface area contributed by atoms with E-state index in [0.717, 1.165) is 6.42 Å². The minimum Gasteiger partial charge on any atom is -0.495 e. The van der Waals surface area contributed by atoms with Crippen LogP contribution in [0.5, 0.6) is 5.75 Å². The fraction of sp³-hybridized carbons (Fsp3) is 0.600. The first-order chi connectivity index (χ1) is 12.5. The van der Waals surface area contributed by atoms with E-state index in [1.165, 1.54) is 19.3 Å². The molecule has 0 unspecified atom stereocenters. The second kappa shape index (κ2) is 10.2. The van der Waals surface area contributed by atoms with E-state index in [9.17, 15) is 9.59 Å². The third-order valence-electron chi connectivity index (χ3n) is 5.02. The zero-order chi connectivity index (χ0) is 18.9. The maximum Gasteiger partial charge on any atom is 0.238 e. The van der Waals surface area contributed by atoms with Crippen LogP contribution in [-0.4, -0.2) is 49.5 Å². The maximum absolute atomic E-state index is 12.4. The average Bonchev–Trinajstić information content (AvgIpc) is 2.63. The van der Waals surface area contributed by atoms with E-state index < -0.39 is 0 Å². The topological polar surface area (TPSA) is 70.7 Å². The van der Waals surface area contributed by atoms with Gasteiger partial charge in [0.05, 0.1) is 25.9 Å². The van der Waals surface area contributed by atoms with E-state index in [1.54, 1.807) is 19.2 Å². The fourth-order valence-electron chi connectivity index (χ4n) is 3.41. The Morgan fingerprint density at radius 2 is 1.85 bits per heavy atom. The number of rotatable bonds is 8. The molecular weight excluding hydrogens is 330 g/mol. The number of benzene rings is 1. The third-order valence-corrected chi connectivity index (χ3v) is 5.02. The number of hydrogen-bond donors (Lipinski definition) is 2. The molecule has 144 valence electrons. The Hall–Kier alpha value is -2.08. The van der Waals surface area contributed by atoms with Gasteiger partial charge in [0.25, 0.3) is 0 Å². The number of carbonyl (C=O) groups excluding carboxylic acids is 2. The predicted octanol–water partition coefficient (Wildman–Crippen LogP) is 2.65. The van der Waals surface area contributed by atoms with Crippen molar-refractivity contribution >= 4 is 17.5 Å². The fourth-order valence-corrected chi connectivity index (χ4v) is 3.41. The highest BCUT2D eigenvalue weighted by Crippen LogP contribution is 2.24. The molecule has 6 heteroatoms. The van der Waals surface area contributed by atoms with Crippen LogP contribution in [0.15, 0.2) is 24.3 Å². The zero-order valence-corrected chi connectivity index (χ0v) is 16.1. The SMILES string of the molecule is CCN(CC(=O)Nc1ccccc1OC)CC(=O)N[C@@H]1CCCC[C@@H]1C. The molecule has 0 heterocycles. The Bertz CT molecular complexity index is 606. The van der Waals surface area contributed by atoms with Crippen LogP contribution in [0.25, 0.3) is 0 Å². The van der Waals surface area contributed by atoms with Crippen LogP contribution in [0.4, 0.5) is 5.69 Å². The van der Waals surface area contributed by atoms with Gasteiger partial charge in [-0.1, -0.05) is 38.8 Å². The highest BCUT2D eigenvalue weighted by Gasteiger charge is 2.23. The Morgan fingerprint density at radius 1 is 1.15 bits per heavy atom. The predicted molar refractivity (Wildman–Crippen MR) is 103 cm³/mol. The maximum atomic E-state index is 12.4. The second-order valence-electron chi connectivity index (χ2n) is 6.99. The van der Waals surface area contributed by atoms with E-state index in [1.807, 2.05) is 24.0 Å². The van der Waals surface area contributed by atoms with Crippen LogP contribution < -0.4 is 15.4 Å². The molecular formula is C20H31N3O3. The first-order valence-corrected chi connectivity index (χ1v) is 9.48. The molecule has 0 bridgehead atoms. The molecule has 1 aromatic carbocycles.